The maximum absolute atomic E-state index is 11.5. The molecule has 7 nitrogen and oxygen atoms in total. The van der Waals surface area contributed by atoms with Crippen molar-refractivity contribution >= 4 is 11.9 Å². The van der Waals surface area contributed by atoms with E-state index in [0.29, 0.717) is 32.2 Å². The molecule has 1 fully saturated rings. The van der Waals surface area contributed by atoms with E-state index < -0.39 is 0 Å². The molecule has 0 bridgehead atoms. The minimum absolute atomic E-state index is 0.0703. The van der Waals surface area contributed by atoms with Crippen molar-refractivity contribution in [3.63, 3.8) is 0 Å². The van der Waals surface area contributed by atoms with Crippen molar-refractivity contribution in [3.8, 4) is 0 Å². The van der Waals surface area contributed by atoms with Crippen molar-refractivity contribution in [2.75, 3.05) is 46.9 Å². The lowest BCUT2D eigenvalue weighted by atomic mass is 10.3. The number of methoxy groups -OCH3 is 1. The normalized spacial score (nSPS) is 17.9. The van der Waals surface area contributed by atoms with E-state index in [1.165, 1.54) is 0 Å². The quantitative estimate of drug-likeness (QED) is 0.197. The maximum atomic E-state index is 11.5. The molecule has 0 spiro atoms. The molecule has 0 aromatic carbocycles. The molecule has 3 N–H and O–H groups in total. The molecule has 1 amide bonds. The summed E-state index contributed by atoms with van der Waals surface area (Å²) in [7, 11) is 3.40. The van der Waals surface area contributed by atoms with E-state index in [1.807, 2.05) is 4.90 Å². The standard InChI is InChI=1S/C9H19N5O2/c1-13-4-5-14(7-8(13)15)9(12-10)11-3-6-16-2/h3-7,10H2,1-2H3,(H,11,12). The van der Waals surface area contributed by atoms with Gasteiger partial charge in [-0.1, -0.05) is 0 Å². The number of ether oxygens (including phenoxy) is 1. The van der Waals surface area contributed by atoms with Gasteiger partial charge in [-0.05, 0) is 0 Å². The Labute approximate surface area is 95.2 Å². The molecule has 0 aliphatic carbocycles. The van der Waals surface area contributed by atoms with Gasteiger partial charge in [-0.15, -0.1) is 0 Å². The summed E-state index contributed by atoms with van der Waals surface area (Å²) in [5.74, 6) is 5.99. The van der Waals surface area contributed by atoms with Crippen LogP contribution in [0.3, 0.4) is 0 Å². The Morgan fingerprint density at radius 1 is 1.62 bits per heavy atom. The van der Waals surface area contributed by atoms with Crippen molar-refractivity contribution < 1.29 is 9.53 Å². The Bertz CT molecular complexity index is 269. The van der Waals surface area contributed by atoms with Crippen LogP contribution >= 0.6 is 0 Å². The van der Waals surface area contributed by atoms with Crippen LogP contribution in [0.1, 0.15) is 0 Å². The topological polar surface area (TPSA) is 83.2 Å². The molecule has 7 heteroatoms. The van der Waals surface area contributed by atoms with Crippen LogP contribution in [0.25, 0.3) is 0 Å². The van der Waals surface area contributed by atoms with E-state index in [9.17, 15) is 4.79 Å². The van der Waals surface area contributed by atoms with Gasteiger partial charge in [-0.2, -0.15) is 0 Å². The van der Waals surface area contributed by atoms with Gasteiger partial charge in [-0.3, -0.25) is 10.2 Å². The van der Waals surface area contributed by atoms with Crippen molar-refractivity contribution in [2.24, 2.45) is 10.8 Å². The average Bonchev–Trinajstić information content (AvgIpc) is 2.29. The molecule has 16 heavy (non-hydrogen) atoms. The summed E-state index contributed by atoms with van der Waals surface area (Å²) >= 11 is 0. The lowest BCUT2D eigenvalue weighted by molar-refractivity contribution is -0.132. The zero-order valence-corrected chi connectivity index (χ0v) is 9.77. The number of hydrogen-bond donors (Lipinski definition) is 2. The predicted molar refractivity (Wildman–Crippen MR) is 60.7 cm³/mol. The van der Waals surface area contributed by atoms with Gasteiger partial charge in [0.1, 0.15) is 0 Å². The maximum Gasteiger partial charge on any atom is 0.242 e. The first-order valence-corrected chi connectivity index (χ1v) is 5.18. The Morgan fingerprint density at radius 2 is 2.38 bits per heavy atom. The van der Waals surface area contributed by atoms with Crippen molar-refractivity contribution in [2.45, 2.75) is 0 Å². The SMILES string of the molecule is COCCN=C(NN)N1CCN(C)C(=O)C1. The smallest absolute Gasteiger partial charge is 0.242 e. The number of carbonyl (C=O) groups is 1. The molecule has 0 atom stereocenters. The van der Waals surface area contributed by atoms with Crippen molar-refractivity contribution in [1.29, 1.82) is 0 Å². The number of aliphatic imine (C=N–C) groups is 1. The molecular formula is C9H19N5O2. The van der Waals surface area contributed by atoms with Crippen LogP contribution in [-0.4, -0.2) is 68.6 Å². The first-order chi connectivity index (χ1) is 7.69. The molecule has 1 aliphatic rings. The Kier molecular flexibility index (Phi) is 5.00. The van der Waals surface area contributed by atoms with E-state index >= 15 is 0 Å². The van der Waals surface area contributed by atoms with E-state index in [1.54, 1.807) is 19.1 Å². The molecule has 1 aliphatic heterocycles. The third-order valence-corrected chi connectivity index (χ3v) is 2.44. The van der Waals surface area contributed by atoms with Crippen molar-refractivity contribution in [3.05, 3.63) is 0 Å². The second kappa shape index (κ2) is 6.29. The number of hydrogen-bond acceptors (Lipinski definition) is 4. The molecule has 0 radical (unpaired) electrons. The van der Waals surface area contributed by atoms with Crippen LogP contribution in [0.2, 0.25) is 0 Å². The minimum Gasteiger partial charge on any atom is -0.383 e. The van der Waals surface area contributed by atoms with Gasteiger partial charge in [0, 0.05) is 27.2 Å². The van der Waals surface area contributed by atoms with Gasteiger partial charge >= 0.3 is 0 Å². The molecule has 92 valence electrons. The predicted octanol–water partition coefficient (Wildman–Crippen LogP) is -1.77. The molecular weight excluding hydrogens is 210 g/mol. The van der Waals surface area contributed by atoms with Gasteiger partial charge in [-0.25, -0.2) is 10.8 Å². The van der Waals surface area contributed by atoms with Gasteiger partial charge in [0.25, 0.3) is 0 Å². The first kappa shape index (κ1) is 12.7. The van der Waals surface area contributed by atoms with Gasteiger partial charge < -0.3 is 14.5 Å². The molecule has 1 saturated heterocycles. The molecule has 0 aromatic rings. The van der Waals surface area contributed by atoms with Gasteiger partial charge in [0.15, 0.2) is 0 Å². The van der Waals surface area contributed by atoms with E-state index in [4.69, 9.17) is 10.6 Å². The number of piperazine rings is 1. The summed E-state index contributed by atoms with van der Waals surface area (Å²) in [5.41, 5.74) is 2.52. The fourth-order valence-electron chi connectivity index (χ4n) is 1.42. The first-order valence-electron chi connectivity index (χ1n) is 5.18. The zero-order valence-electron chi connectivity index (χ0n) is 9.77. The number of nitrogens with zero attached hydrogens (tertiary/aromatic N) is 3. The summed E-state index contributed by atoms with van der Waals surface area (Å²) in [5, 5.41) is 0. The highest BCUT2D eigenvalue weighted by Crippen LogP contribution is 2.00. The minimum atomic E-state index is 0.0703. The lowest BCUT2D eigenvalue weighted by Gasteiger charge is -2.33. The second-order valence-electron chi connectivity index (χ2n) is 3.58. The fraction of sp³-hybridized carbons (Fsp3) is 0.778. The third kappa shape index (κ3) is 3.35. The van der Waals surface area contributed by atoms with Crippen LogP contribution < -0.4 is 11.3 Å². The van der Waals surface area contributed by atoms with E-state index in [-0.39, 0.29) is 5.91 Å². The van der Waals surface area contributed by atoms with E-state index in [0.717, 1.165) is 6.54 Å². The number of hydrazine groups is 1. The lowest BCUT2D eigenvalue weighted by Crippen LogP contribution is -2.55. The highest BCUT2D eigenvalue weighted by molar-refractivity contribution is 5.87. The summed E-state index contributed by atoms with van der Waals surface area (Å²) in [6, 6.07) is 0. The number of rotatable bonds is 3. The summed E-state index contributed by atoms with van der Waals surface area (Å²) in [6.07, 6.45) is 0. The number of amides is 1. The fourth-order valence-corrected chi connectivity index (χ4v) is 1.42. The number of carbonyl (C=O) groups excluding carboxylic acids is 1. The monoisotopic (exact) mass is 229 g/mol. The Morgan fingerprint density at radius 3 is 2.94 bits per heavy atom. The summed E-state index contributed by atoms with van der Waals surface area (Å²) in [6.45, 7) is 2.79. The Balaban J connectivity index is 2.53. The van der Waals surface area contributed by atoms with Crippen molar-refractivity contribution in [1.82, 2.24) is 15.2 Å². The van der Waals surface area contributed by atoms with Crippen LogP contribution in [0.15, 0.2) is 4.99 Å². The third-order valence-electron chi connectivity index (χ3n) is 2.44. The summed E-state index contributed by atoms with van der Waals surface area (Å²) < 4.78 is 4.89. The second-order valence-corrected chi connectivity index (χ2v) is 3.58. The number of guanidine groups is 1. The molecule has 1 rings (SSSR count). The van der Waals surface area contributed by atoms with Crippen LogP contribution in [-0.2, 0) is 9.53 Å². The number of nitrogens with one attached hydrogen (secondary N) is 1. The number of nitrogens with two attached hydrogens (primary N) is 1. The van der Waals surface area contributed by atoms with Crippen LogP contribution in [0.5, 0.6) is 0 Å². The summed E-state index contributed by atoms with van der Waals surface area (Å²) in [4.78, 5) is 19.2. The molecule has 0 aromatic heterocycles. The zero-order chi connectivity index (χ0) is 12.0. The molecule has 1 heterocycles. The Hall–Kier alpha value is -1.34. The number of likely N-dealkylation sites (N-methyl/N-ethyl adjacent to an activating group) is 1. The highest BCUT2D eigenvalue weighted by atomic mass is 16.5. The van der Waals surface area contributed by atoms with E-state index in [2.05, 4.69) is 10.4 Å². The average molecular weight is 229 g/mol. The van der Waals surface area contributed by atoms with Gasteiger partial charge in [0.2, 0.25) is 11.9 Å². The highest BCUT2D eigenvalue weighted by Gasteiger charge is 2.22. The van der Waals surface area contributed by atoms with Gasteiger partial charge in [0.05, 0.1) is 19.7 Å². The van der Waals surface area contributed by atoms with Crippen LogP contribution in [0.4, 0.5) is 0 Å². The molecule has 0 saturated carbocycles. The van der Waals surface area contributed by atoms with Crippen LogP contribution in [0, 0.1) is 0 Å². The largest absolute Gasteiger partial charge is 0.383 e. The molecule has 0 unspecified atom stereocenters.